The highest BCUT2D eigenvalue weighted by Crippen LogP contribution is 2.21. The molecule has 2 aromatic rings. The van der Waals surface area contributed by atoms with Gasteiger partial charge in [-0.05, 0) is 35.6 Å². The first-order valence-electron chi connectivity index (χ1n) is 8.21. The Morgan fingerprint density at radius 1 is 1.27 bits per heavy atom. The van der Waals surface area contributed by atoms with Gasteiger partial charge in [-0.1, -0.05) is 18.2 Å². The van der Waals surface area contributed by atoms with Crippen LogP contribution in [0.5, 0.6) is 0 Å². The molecule has 0 aliphatic rings. The fourth-order valence-corrected chi connectivity index (χ4v) is 3.77. The second kappa shape index (κ2) is 9.82. The number of amides is 1. The molecule has 1 aromatic carbocycles. The quantitative estimate of drug-likeness (QED) is 0.639. The van der Waals surface area contributed by atoms with Crippen LogP contribution in [0.15, 0.2) is 46.7 Å². The van der Waals surface area contributed by atoms with Crippen molar-refractivity contribution >= 4 is 27.1 Å². The smallest absolute Gasteiger partial charge is 0.220 e. The van der Waals surface area contributed by atoms with Crippen LogP contribution in [-0.2, 0) is 25.8 Å². The van der Waals surface area contributed by atoms with Gasteiger partial charge in [0, 0.05) is 24.1 Å². The lowest BCUT2D eigenvalue weighted by Gasteiger charge is -2.17. The molecule has 0 saturated heterocycles. The zero-order chi connectivity index (χ0) is 19.0. The maximum atomic E-state index is 12.1. The molecule has 0 spiro atoms. The number of carbonyl (C=O) groups excluding carboxylic acids is 1. The first-order valence-corrected chi connectivity index (χ1v) is 11.0. The number of benzene rings is 1. The third kappa shape index (κ3) is 6.53. The Balaban J connectivity index is 1.82. The van der Waals surface area contributed by atoms with E-state index in [4.69, 9.17) is 9.84 Å². The molecular weight excluding hydrogens is 374 g/mol. The molecule has 1 atom stereocenters. The SMILES string of the molecule is CS(=O)(=O)c1ccc(CCC(=O)NCC(OCCO)c2cccs2)cc1. The van der Waals surface area contributed by atoms with Gasteiger partial charge in [0.25, 0.3) is 0 Å². The Morgan fingerprint density at radius 3 is 2.58 bits per heavy atom. The summed E-state index contributed by atoms with van der Waals surface area (Å²) in [4.78, 5) is 13.3. The van der Waals surface area contributed by atoms with E-state index in [2.05, 4.69) is 5.32 Å². The fraction of sp³-hybridized carbons (Fsp3) is 0.389. The molecule has 0 saturated carbocycles. The minimum atomic E-state index is -3.21. The van der Waals surface area contributed by atoms with E-state index in [0.29, 0.717) is 19.4 Å². The summed E-state index contributed by atoms with van der Waals surface area (Å²) in [5, 5.41) is 13.7. The molecule has 0 bridgehead atoms. The average Bonchev–Trinajstić information content (AvgIpc) is 3.14. The van der Waals surface area contributed by atoms with Crippen LogP contribution in [0.2, 0.25) is 0 Å². The minimum Gasteiger partial charge on any atom is -0.394 e. The van der Waals surface area contributed by atoms with Crippen molar-refractivity contribution < 1.29 is 23.1 Å². The number of sulfone groups is 1. The third-order valence-electron chi connectivity index (χ3n) is 3.75. The van der Waals surface area contributed by atoms with Gasteiger partial charge in [-0.3, -0.25) is 4.79 Å². The van der Waals surface area contributed by atoms with Gasteiger partial charge in [0.05, 0.1) is 18.1 Å². The number of nitrogens with one attached hydrogen (secondary N) is 1. The fourth-order valence-electron chi connectivity index (χ4n) is 2.37. The Bertz CT molecular complexity index is 785. The van der Waals surface area contributed by atoms with Crippen LogP contribution in [0, 0.1) is 0 Å². The zero-order valence-electron chi connectivity index (χ0n) is 14.6. The summed E-state index contributed by atoms with van der Waals surface area (Å²) in [5.41, 5.74) is 0.902. The molecule has 2 N–H and O–H groups in total. The van der Waals surface area contributed by atoms with E-state index in [1.807, 2.05) is 17.5 Å². The lowest BCUT2D eigenvalue weighted by Crippen LogP contribution is -2.29. The van der Waals surface area contributed by atoms with Gasteiger partial charge in [-0.25, -0.2) is 8.42 Å². The van der Waals surface area contributed by atoms with E-state index in [1.54, 1.807) is 24.3 Å². The Labute approximate surface area is 157 Å². The number of aryl methyl sites for hydroxylation is 1. The van der Waals surface area contributed by atoms with Crippen LogP contribution in [-0.4, -0.2) is 45.4 Å². The first-order chi connectivity index (χ1) is 12.4. The van der Waals surface area contributed by atoms with Crippen molar-refractivity contribution in [2.45, 2.75) is 23.8 Å². The normalized spacial score (nSPS) is 12.7. The Kier molecular flexibility index (Phi) is 7.77. The molecule has 0 radical (unpaired) electrons. The summed E-state index contributed by atoms with van der Waals surface area (Å²) in [6, 6.07) is 10.4. The topological polar surface area (TPSA) is 92.7 Å². The lowest BCUT2D eigenvalue weighted by atomic mass is 10.1. The molecule has 0 aliphatic carbocycles. The van der Waals surface area contributed by atoms with Crippen LogP contribution in [0.3, 0.4) is 0 Å². The van der Waals surface area contributed by atoms with Gasteiger partial charge in [-0.15, -0.1) is 11.3 Å². The maximum absolute atomic E-state index is 12.1. The zero-order valence-corrected chi connectivity index (χ0v) is 16.2. The highest BCUT2D eigenvalue weighted by molar-refractivity contribution is 7.90. The molecule has 1 aromatic heterocycles. The molecule has 2 rings (SSSR count). The minimum absolute atomic E-state index is 0.0701. The molecule has 1 amide bonds. The summed E-state index contributed by atoms with van der Waals surface area (Å²) in [7, 11) is -3.21. The number of hydrogen-bond donors (Lipinski definition) is 2. The van der Waals surface area contributed by atoms with Gasteiger partial charge >= 0.3 is 0 Å². The number of ether oxygens (including phenoxy) is 1. The summed E-state index contributed by atoms with van der Waals surface area (Å²) >= 11 is 1.54. The van der Waals surface area contributed by atoms with Crippen molar-refractivity contribution in [3.63, 3.8) is 0 Å². The number of carbonyl (C=O) groups is 1. The van der Waals surface area contributed by atoms with Crippen LogP contribution < -0.4 is 5.32 Å². The number of aliphatic hydroxyl groups excluding tert-OH is 1. The molecule has 26 heavy (non-hydrogen) atoms. The Hall–Kier alpha value is -1.74. The van der Waals surface area contributed by atoms with E-state index in [0.717, 1.165) is 10.4 Å². The molecule has 142 valence electrons. The van der Waals surface area contributed by atoms with Crippen molar-refractivity contribution in [3.05, 3.63) is 52.2 Å². The first kappa shape index (κ1) is 20.6. The van der Waals surface area contributed by atoms with Crippen LogP contribution in [0.4, 0.5) is 0 Å². The van der Waals surface area contributed by atoms with Crippen LogP contribution in [0.1, 0.15) is 23.0 Å². The summed E-state index contributed by atoms with van der Waals surface area (Å²) in [5.74, 6) is -0.105. The molecule has 6 nitrogen and oxygen atoms in total. The number of hydrogen-bond acceptors (Lipinski definition) is 6. The highest BCUT2D eigenvalue weighted by atomic mass is 32.2. The molecular formula is C18H23NO5S2. The van der Waals surface area contributed by atoms with Crippen LogP contribution >= 0.6 is 11.3 Å². The summed E-state index contributed by atoms with van der Waals surface area (Å²) in [6.45, 7) is 0.483. The standard InChI is InChI=1S/C18H23NO5S2/c1-26(22,23)15-7-4-14(5-8-15)6-9-18(21)19-13-16(24-11-10-20)17-3-2-12-25-17/h2-5,7-8,12,16,20H,6,9-11,13H2,1H3,(H,19,21). The largest absolute Gasteiger partial charge is 0.394 e. The monoisotopic (exact) mass is 397 g/mol. The molecule has 8 heteroatoms. The van der Waals surface area contributed by atoms with Crippen LogP contribution in [0.25, 0.3) is 0 Å². The molecule has 0 aliphatic heterocycles. The van der Waals surface area contributed by atoms with E-state index in [-0.39, 0.29) is 30.1 Å². The molecule has 1 heterocycles. The van der Waals surface area contributed by atoms with Crippen molar-refractivity contribution in [1.82, 2.24) is 5.32 Å². The summed E-state index contributed by atoms with van der Waals surface area (Å²) < 4.78 is 28.5. The second-order valence-electron chi connectivity index (χ2n) is 5.82. The average molecular weight is 398 g/mol. The van der Waals surface area contributed by atoms with Gasteiger partial charge in [0.1, 0.15) is 6.10 Å². The van der Waals surface area contributed by atoms with Gasteiger partial charge in [0.2, 0.25) is 5.91 Å². The second-order valence-corrected chi connectivity index (χ2v) is 8.81. The Morgan fingerprint density at radius 2 is 2.00 bits per heavy atom. The van der Waals surface area contributed by atoms with E-state index in [1.165, 1.54) is 17.6 Å². The number of thiophene rings is 1. The lowest BCUT2D eigenvalue weighted by molar-refractivity contribution is -0.121. The van der Waals surface area contributed by atoms with Crippen molar-refractivity contribution in [2.24, 2.45) is 0 Å². The van der Waals surface area contributed by atoms with Gasteiger partial charge in [-0.2, -0.15) is 0 Å². The molecule has 1 unspecified atom stereocenters. The van der Waals surface area contributed by atoms with Crippen molar-refractivity contribution in [3.8, 4) is 0 Å². The number of rotatable bonds is 10. The predicted molar refractivity (Wildman–Crippen MR) is 101 cm³/mol. The van der Waals surface area contributed by atoms with E-state index < -0.39 is 9.84 Å². The number of aliphatic hydroxyl groups is 1. The van der Waals surface area contributed by atoms with E-state index >= 15 is 0 Å². The van der Waals surface area contributed by atoms with Gasteiger partial charge < -0.3 is 15.2 Å². The third-order valence-corrected chi connectivity index (χ3v) is 5.84. The molecule has 0 fully saturated rings. The van der Waals surface area contributed by atoms with Gasteiger partial charge in [0.15, 0.2) is 9.84 Å². The van der Waals surface area contributed by atoms with E-state index in [9.17, 15) is 13.2 Å². The summed E-state index contributed by atoms with van der Waals surface area (Å²) in [6.07, 6.45) is 1.71. The highest BCUT2D eigenvalue weighted by Gasteiger charge is 2.14. The van der Waals surface area contributed by atoms with Crippen molar-refractivity contribution in [1.29, 1.82) is 0 Å². The maximum Gasteiger partial charge on any atom is 0.220 e. The van der Waals surface area contributed by atoms with Crippen molar-refractivity contribution in [2.75, 3.05) is 26.0 Å². The predicted octanol–water partition coefficient (Wildman–Crippen LogP) is 1.95.